The summed E-state index contributed by atoms with van der Waals surface area (Å²) in [6, 6.07) is 1.94. The average molecular weight is 220 g/mol. The molecule has 3 heteroatoms. The molecule has 0 N–H and O–H groups in total. The zero-order valence-corrected chi connectivity index (χ0v) is 9.49. The molecule has 0 aliphatic carbocycles. The molecule has 0 radical (unpaired) electrons. The topological polar surface area (TPSA) is 39.4 Å². The molecule has 3 nitrogen and oxygen atoms in total. The van der Waals surface area contributed by atoms with Crippen molar-refractivity contribution in [2.75, 3.05) is 7.11 Å². The van der Waals surface area contributed by atoms with Crippen LogP contribution in [0.4, 0.5) is 0 Å². The molecule has 1 aromatic rings. The summed E-state index contributed by atoms with van der Waals surface area (Å²) in [7, 11) is 1.40. The van der Waals surface area contributed by atoms with Crippen LogP contribution in [0.5, 0.6) is 0 Å². The molecular formula is C13H16O3. The van der Waals surface area contributed by atoms with Crippen LogP contribution in [0.15, 0.2) is 23.0 Å². The van der Waals surface area contributed by atoms with Crippen molar-refractivity contribution in [3.05, 3.63) is 24.2 Å². The second-order valence-electron chi connectivity index (χ2n) is 3.41. The van der Waals surface area contributed by atoms with Gasteiger partial charge in [0.25, 0.3) is 0 Å². The summed E-state index contributed by atoms with van der Waals surface area (Å²) in [6.45, 7) is 0. The standard InChI is InChI=1S/C13H16O3/c1-15-13(14)8-6-4-2-3-5-7-12-9-10-16-11-12/h9-11H,4-8H2,1H3. The molecule has 0 aromatic carbocycles. The summed E-state index contributed by atoms with van der Waals surface area (Å²) < 4.78 is 9.48. The maximum atomic E-state index is 10.8. The number of aryl methyl sites for hydroxylation is 1. The van der Waals surface area contributed by atoms with E-state index in [4.69, 9.17) is 4.42 Å². The Morgan fingerprint density at radius 2 is 2.25 bits per heavy atom. The Morgan fingerprint density at radius 3 is 2.94 bits per heavy atom. The second-order valence-corrected chi connectivity index (χ2v) is 3.41. The number of carbonyl (C=O) groups is 1. The van der Waals surface area contributed by atoms with E-state index in [0.29, 0.717) is 6.42 Å². The predicted molar refractivity (Wildman–Crippen MR) is 60.7 cm³/mol. The highest BCUT2D eigenvalue weighted by Gasteiger charge is 1.96. The SMILES string of the molecule is COC(=O)CCCC#CCCc1ccoc1. The number of hydrogen-bond donors (Lipinski definition) is 0. The molecule has 0 aliphatic rings. The lowest BCUT2D eigenvalue weighted by Gasteiger charge is -1.94. The number of carbonyl (C=O) groups excluding carboxylic acids is 1. The summed E-state index contributed by atoms with van der Waals surface area (Å²) >= 11 is 0. The molecule has 0 saturated carbocycles. The minimum absolute atomic E-state index is 0.166. The fourth-order valence-electron chi connectivity index (χ4n) is 1.24. The Morgan fingerprint density at radius 1 is 1.44 bits per heavy atom. The summed E-state index contributed by atoms with van der Waals surface area (Å²) in [5, 5.41) is 0. The third-order valence-corrected chi connectivity index (χ3v) is 2.15. The number of rotatable bonds is 5. The maximum absolute atomic E-state index is 10.8. The molecule has 1 heterocycles. The van der Waals surface area contributed by atoms with E-state index in [1.165, 1.54) is 12.7 Å². The van der Waals surface area contributed by atoms with Crippen LogP contribution < -0.4 is 0 Å². The van der Waals surface area contributed by atoms with Crippen LogP contribution in [0, 0.1) is 11.8 Å². The molecule has 1 aromatic heterocycles. The highest BCUT2D eigenvalue weighted by atomic mass is 16.5. The maximum Gasteiger partial charge on any atom is 0.305 e. The zero-order chi connectivity index (χ0) is 11.6. The van der Waals surface area contributed by atoms with Gasteiger partial charge in [0.1, 0.15) is 0 Å². The van der Waals surface area contributed by atoms with E-state index in [1.807, 2.05) is 6.07 Å². The van der Waals surface area contributed by atoms with Crippen molar-refractivity contribution in [3.63, 3.8) is 0 Å². The minimum Gasteiger partial charge on any atom is -0.472 e. The minimum atomic E-state index is -0.166. The Kier molecular flexibility index (Phi) is 5.87. The van der Waals surface area contributed by atoms with E-state index < -0.39 is 0 Å². The Balaban J connectivity index is 2.03. The van der Waals surface area contributed by atoms with Crippen molar-refractivity contribution in [1.82, 2.24) is 0 Å². The quantitative estimate of drug-likeness (QED) is 0.435. The van der Waals surface area contributed by atoms with E-state index in [1.54, 1.807) is 12.5 Å². The van der Waals surface area contributed by atoms with Gasteiger partial charge < -0.3 is 9.15 Å². The number of esters is 1. The molecule has 0 atom stereocenters. The fraction of sp³-hybridized carbons (Fsp3) is 0.462. The fourth-order valence-corrected chi connectivity index (χ4v) is 1.24. The molecule has 1 rings (SSSR count). The Hall–Kier alpha value is -1.69. The molecule has 0 unspecified atom stereocenters. The first-order valence-electron chi connectivity index (χ1n) is 5.36. The summed E-state index contributed by atoms with van der Waals surface area (Å²) in [5.41, 5.74) is 1.17. The van der Waals surface area contributed by atoms with Crippen molar-refractivity contribution in [2.24, 2.45) is 0 Å². The van der Waals surface area contributed by atoms with Crippen LogP contribution in [-0.4, -0.2) is 13.1 Å². The highest BCUT2D eigenvalue weighted by molar-refractivity contribution is 5.69. The van der Waals surface area contributed by atoms with Gasteiger partial charge in [0.2, 0.25) is 0 Å². The van der Waals surface area contributed by atoms with Crippen molar-refractivity contribution in [1.29, 1.82) is 0 Å². The van der Waals surface area contributed by atoms with Crippen LogP contribution in [0.25, 0.3) is 0 Å². The lowest BCUT2D eigenvalue weighted by molar-refractivity contribution is -0.140. The molecule has 0 spiro atoms. The van der Waals surface area contributed by atoms with E-state index in [-0.39, 0.29) is 5.97 Å². The van der Waals surface area contributed by atoms with Gasteiger partial charge >= 0.3 is 5.97 Å². The average Bonchev–Trinajstić information content (AvgIpc) is 2.80. The smallest absolute Gasteiger partial charge is 0.305 e. The molecule has 0 amide bonds. The van der Waals surface area contributed by atoms with Gasteiger partial charge in [-0.2, -0.15) is 0 Å². The number of methoxy groups -OCH3 is 1. The van der Waals surface area contributed by atoms with Gasteiger partial charge in [0.05, 0.1) is 19.6 Å². The molecule has 0 aliphatic heterocycles. The third-order valence-electron chi connectivity index (χ3n) is 2.15. The van der Waals surface area contributed by atoms with Gasteiger partial charge in [-0.05, 0) is 24.5 Å². The van der Waals surface area contributed by atoms with Crippen LogP contribution in [-0.2, 0) is 16.0 Å². The first-order valence-corrected chi connectivity index (χ1v) is 5.36. The van der Waals surface area contributed by atoms with Crippen LogP contribution in [0.1, 0.15) is 31.2 Å². The predicted octanol–water partition coefficient (Wildman–Crippen LogP) is 2.56. The molecule has 0 saturated heterocycles. The lowest BCUT2D eigenvalue weighted by Crippen LogP contribution is -1.98. The van der Waals surface area contributed by atoms with Crippen molar-refractivity contribution < 1.29 is 13.9 Å². The molecule has 0 fully saturated rings. The number of hydrogen-bond acceptors (Lipinski definition) is 3. The summed E-state index contributed by atoms with van der Waals surface area (Å²) in [5.74, 6) is 5.94. The first kappa shape index (κ1) is 12.4. The number of furan rings is 1. The molecule has 0 bridgehead atoms. The van der Waals surface area contributed by atoms with Gasteiger partial charge in [-0.15, -0.1) is 11.8 Å². The van der Waals surface area contributed by atoms with Gasteiger partial charge in [-0.3, -0.25) is 4.79 Å². The van der Waals surface area contributed by atoms with Crippen LogP contribution >= 0.6 is 0 Å². The third kappa shape index (κ3) is 5.26. The van der Waals surface area contributed by atoms with Gasteiger partial charge in [0, 0.05) is 19.3 Å². The molecule has 16 heavy (non-hydrogen) atoms. The van der Waals surface area contributed by atoms with E-state index in [0.717, 1.165) is 25.7 Å². The summed E-state index contributed by atoms with van der Waals surface area (Å²) in [4.78, 5) is 10.8. The largest absolute Gasteiger partial charge is 0.472 e. The second kappa shape index (κ2) is 7.58. The van der Waals surface area contributed by atoms with E-state index >= 15 is 0 Å². The molecule has 86 valence electrons. The number of ether oxygens (including phenoxy) is 1. The zero-order valence-electron chi connectivity index (χ0n) is 9.49. The van der Waals surface area contributed by atoms with Crippen LogP contribution in [0.3, 0.4) is 0 Å². The Bertz CT molecular complexity index is 354. The van der Waals surface area contributed by atoms with E-state index in [9.17, 15) is 4.79 Å². The van der Waals surface area contributed by atoms with Crippen LogP contribution in [0.2, 0.25) is 0 Å². The van der Waals surface area contributed by atoms with Gasteiger partial charge in [-0.1, -0.05) is 0 Å². The number of unbranched alkanes of at least 4 members (excludes halogenated alkanes) is 1. The monoisotopic (exact) mass is 220 g/mol. The van der Waals surface area contributed by atoms with Gasteiger partial charge in [0.15, 0.2) is 0 Å². The molecular weight excluding hydrogens is 204 g/mol. The van der Waals surface area contributed by atoms with Crippen molar-refractivity contribution in [3.8, 4) is 11.8 Å². The van der Waals surface area contributed by atoms with Crippen molar-refractivity contribution in [2.45, 2.75) is 32.1 Å². The van der Waals surface area contributed by atoms with Gasteiger partial charge in [-0.25, -0.2) is 0 Å². The van der Waals surface area contributed by atoms with E-state index in [2.05, 4.69) is 16.6 Å². The lowest BCUT2D eigenvalue weighted by atomic mass is 10.2. The first-order chi connectivity index (χ1) is 7.83. The highest BCUT2D eigenvalue weighted by Crippen LogP contribution is 2.02. The normalized spacial score (nSPS) is 9.31. The summed E-state index contributed by atoms with van der Waals surface area (Å²) in [6.07, 6.45) is 7.12. The van der Waals surface area contributed by atoms with Crippen molar-refractivity contribution >= 4 is 5.97 Å². The Labute approximate surface area is 95.8 Å².